The van der Waals surface area contributed by atoms with Gasteiger partial charge in [-0.3, -0.25) is 9.69 Å². The van der Waals surface area contributed by atoms with Crippen LogP contribution in [0.5, 0.6) is 0 Å². The van der Waals surface area contributed by atoms with Crippen molar-refractivity contribution in [3.8, 4) is 0 Å². The molecule has 0 bridgehead atoms. The SMILES string of the molecule is CC(C)CCN1c2nc(N[C@H]3CC[C@@H](O)CC3)ncc2N(c2ccccc2)C(=O)C1C. The van der Waals surface area contributed by atoms with E-state index in [0.717, 1.165) is 55.8 Å². The standard InChI is InChI=1S/C24H33N5O2/c1-16(2)13-14-28-17(3)23(31)29(19-7-5-4-6-8-19)21-15-25-24(27-22(21)28)26-18-9-11-20(30)12-10-18/h4-8,15-18,20,30H,9-14H2,1-3H3,(H,25,26,27)/t17?,18-,20+. The Balaban J connectivity index is 1.68. The van der Waals surface area contributed by atoms with Crippen LogP contribution in [0.25, 0.3) is 0 Å². The molecule has 1 aliphatic heterocycles. The van der Waals surface area contributed by atoms with E-state index in [-0.39, 0.29) is 24.1 Å². The van der Waals surface area contributed by atoms with Gasteiger partial charge in [-0.2, -0.15) is 4.98 Å². The summed E-state index contributed by atoms with van der Waals surface area (Å²) in [7, 11) is 0. The summed E-state index contributed by atoms with van der Waals surface area (Å²) in [5.41, 5.74) is 1.55. The predicted molar refractivity (Wildman–Crippen MR) is 124 cm³/mol. The van der Waals surface area contributed by atoms with Crippen molar-refractivity contribution < 1.29 is 9.90 Å². The molecule has 1 unspecified atom stereocenters. The fourth-order valence-electron chi connectivity index (χ4n) is 4.37. The summed E-state index contributed by atoms with van der Waals surface area (Å²) in [6.45, 7) is 7.11. The van der Waals surface area contributed by atoms with Gasteiger partial charge in [0.15, 0.2) is 5.82 Å². The van der Waals surface area contributed by atoms with Crippen molar-refractivity contribution in [2.45, 2.75) is 71.1 Å². The van der Waals surface area contributed by atoms with Gasteiger partial charge < -0.3 is 15.3 Å². The molecule has 1 aliphatic carbocycles. The molecule has 0 spiro atoms. The van der Waals surface area contributed by atoms with E-state index in [0.29, 0.717) is 11.9 Å². The van der Waals surface area contributed by atoms with Gasteiger partial charge >= 0.3 is 0 Å². The summed E-state index contributed by atoms with van der Waals surface area (Å²) in [5.74, 6) is 1.95. The number of nitrogens with one attached hydrogen (secondary N) is 1. The van der Waals surface area contributed by atoms with Crippen LogP contribution in [0.15, 0.2) is 36.5 Å². The molecule has 0 saturated heterocycles. The number of fused-ring (bicyclic) bond motifs is 1. The molecule has 1 fully saturated rings. The molecule has 31 heavy (non-hydrogen) atoms. The number of aliphatic hydroxyl groups is 1. The van der Waals surface area contributed by atoms with Crippen molar-refractivity contribution in [1.29, 1.82) is 0 Å². The minimum Gasteiger partial charge on any atom is -0.393 e. The van der Waals surface area contributed by atoms with Gasteiger partial charge in [-0.15, -0.1) is 0 Å². The number of hydrogen-bond acceptors (Lipinski definition) is 6. The zero-order valence-corrected chi connectivity index (χ0v) is 18.7. The Bertz CT molecular complexity index is 896. The van der Waals surface area contributed by atoms with Crippen molar-refractivity contribution in [2.75, 3.05) is 21.7 Å². The van der Waals surface area contributed by atoms with Gasteiger partial charge in [0.25, 0.3) is 5.91 Å². The summed E-state index contributed by atoms with van der Waals surface area (Å²) < 4.78 is 0. The minimum atomic E-state index is -0.306. The molecule has 1 amide bonds. The van der Waals surface area contributed by atoms with Gasteiger partial charge in [0.05, 0.1) is 12.3 Å². The smallest absolute Gasteiger partial charge is 0.254 e. The first-order valence-corrected chi connectivity index (χ1v) is 11.4. The van der Waals surface area contributed by atoms with Crippen LogP contribution in [-0.2, 0) is 4.79 Å². The molecule has 4 rings (SSSR count). The van der Waals surface area contributed by atoms with Crippen molar-refractivity contribution in [1.82, 2.24) is 9.97 Å². The Kier molecular flexibility index (Phi) is 6.41. The average molecular weight is 424 g/mol. The van der Waals surface area contributed by atoms with E-state index >= 15 is 0 Å². The van der Waals surface area contributed by atoms with E-state index < -0.39 is 0 Å². The van der Waals surface area contributed by atoms with Crippen molar-refractivity contribution in [3.05, 3.63) is 36.5 Å². The number of hydrogen-bond donors (Lipinski definition) is 2. The van der Waals surface area contributed by atoms with Crippen LogP contribution in [0, 0.1) is 5.92 Å². The second kappa shape index (κ2) is 9.22. The Morgan fingerprint density at radius 3 is 2.55 bits per heavy atom. The zero-order valence-electron chi connectivity index (χ0n) is 18.7. The quantitative estimate of drug-likeness (QED) is 0.728. The van der Waals surface area contributed by atoms with E-state index in [2.05, 4.69) is 29.0 Å². The number of aromatic nitrogens is 2. The van der Waals surface area contributed by atoms with Crippen LogP contribution < -0.4 is 15.1 Å². The van der Waals surface area contributed by atoms with Crippen molar-refractivity contribution in [2.24, 2.45) is 5.92 Å². The number of rotatable bonds is 6. The van der Waals surface area contributed by atoms with Gasteiger partial charge in [0.1, 0.15) is 11.7 Å². The van der Waals surface area contributed by atoms with Crippen LogP contribution in [0.4, 0.5) is 23.1 Å². The maximum absolute atomic E-state index is 13.4. The lowest BCUT2D eigenvalue weighted by atomic mass is 9.93. The van der Waals surface area contributed by atoms with E-state index in [9.17, 15) is 9.90 Å². The predicted octanol–water partition coefficient (Wildman–Crippen LogP) is 4.11. The second-order valence-electron chi connectivity index (χ2n) is 9.11. The zero-order chi connectivity index (χ0) is 22.0. The van der Waals surface area contributed by atoms with Crippen LogP contribution in [-0.4, -0.2) is 45.7 Å². The molecule has 0 radical (unpaired) electrons. The molecule has 2 aromatic rings. The summed E-state index contributed by atoms with van der Waals surface area (Å²) in [4.78, 5) is 26.7. The number of para-hydroxylation sites is 1. The lowest BCUT2D eigenvalue weighted by Crippen LogP contribution is -2.51. The Morgan fingerprint density at radius 2 is 1.87 bits per heavy atom. The summed E-state index contributed by atoms with van der Waals surface area (Å²) in [6, 6.07) is 9.66. The highest BCUT2D eigenvalue weighted by Crippen LogP contribution is 2.39. The third kappa shape index (κ3) is 4.66. The minimum absolute atomic E-state index is 0.0352. The number of anilines is 4. The molecule has 2 N–H and O–H groups in total. The summed E-state index contributed by atoms with van der Waals surface area (Å²) >= 11 is 0. The number of carbonyl (C=O) groups excluding carboxylic acids is 1. The van der Waals surface area contributed by atoms with E-state index in [1.807, 2.05) is 37.3 Å². The van der Waals surface area contributed by atoms with Gasteiger partial charge in [-0.1, -0.05) is 32.0 Å². The Hall–Kier alpha value is -2.67. The first kappa shape index (κ1) is 21.6. The van der Waals surface area contributed by atoms with Crippen molar-refractivity contribution >= 4 is 29.0 Å². The highest BCUT2D eigenvalue weighted by atomic mass is 16.3. The number of carbonyl (C=O) groups is 1. The van der Waals surface area contributed by atoms with E-state index in [1.54, 1.807) is 11.1 Å². The Morgan fingerprint density at radius 1 is 1.16 bits per heavy atom. The molecular formula is C24H33N5O2. The molecule has 2 heterocycles. The van der Waals surface area contributed by atoms with Gasteiger partial charge in [0.2, 0.25) is 5.95 Å². The van der Waals surface area contributed by atoms with Crippen LogP contribution >= 0.6 is 0 Å². The fraction of sp³-hybridized carbons (Fsp3) is 0.542. The van der Waals surface area contributed by atoms with Crippen LogP contribution in [0.1, 0.15) is 52.9 Å². The normalized spacial score (nSPS) is 23.8. The maximum Gasteiger partial charge on any atom is 0.254 e. The number of aliphatic hydroxyl groups excluding tert-OH is 1. The molecule has 1 aromatic carbocycles. The topological polar surface area (TPSA) is 81.6 Å². The first-order chi connectivity index (χ1) is 14.9. The Labute approximate surface area is 184 Å². The van der Waals surface area contributed by atoms with Gasteiger partial charge in [-0.05, 0) is 57.1 Å². The van der Waals surface area contributed by atoms with Crippen LogP contribution in [0.2, 0.25) is 0 Å². The molecule has 1 saturated carbocycles. The highest BCUT2D eigenvalue weighted by molar-refractivity contribution is 6.09. The average Bonchev–Trinajstić information content (AvgIpc) is 2.76. The maximum atomic E-state index is 13.4. The van der Waals surface area contributed by atoms with Crippen LogP contribution in [0.3, 0.4) is 0 Å². The highest BCUT2D eigenvalue weighted by Gasteiger charge is 2.38. The fourth-order valence-corrected chi connectivity index (χ4v) is 4.37. The third-order valence-corrected chi connectivity index (χ3v) is 6.30. The number of benzene rings is 1. The molecule has 1 atom stereocenters. The molecular weight excluding hydrogens is 390 g/mol. The number of amides is 1. The van der Waals surface area contributed by atoms with Gasteiger partial charge in [0, 0.05) is 18.3 Å². The molecule has 1 aromatic heterocycles. The lowest BCUT2D eigenvalue weighted by molar-refractivity contribution is -0.119. The molecule has 7 nitrogen and oxygen atoms in total. The summed E-state index contributed by atoms with van der Waals surface area (Å²) in [6.07, 6.45) is 5.97. The summed E-state index contributed by atoms with van der Waals surface area (Å²) in [5, 5.41) is 13.2. The van der Waals surface area contributed by atoms with E-state index in [4.69, 9.17) is 4.98 Å². The second-order valence-corrected chi connectivity index (χ2v) is 9.11. The first-order valence-electron chi connectivity index (χ1n) is 11.4. The largest absolute Gasteiger partial charge is 0.393 e. The van der Waals surface area contributed by atoms with E-state index in [1.165, 1.54) is 0 Å². The van der Waals surface area contributed by atoms with Gasteiger partial charge in [-0.25, -0.2) is 4.98 Å². The molecule has 166 valence electrons. The molecule has 2 aliphatic rings. The molecule has 7 heteroatoms. The van der Waals surface area contributed by atoms with Crippen molar-refractivity contribution in [3.63, 3.8) is 0 Å². The monoisotopic (exact) mass is 423 g/mol. The third-order valence-electron chi connectivity index (χ3n) is 6.30. The lowest BCUT2D eigenvalue weighted by Gasteiger charge is -2.41. The number of nitrogens with zero attached hydrogens (tertiary/aromatic N) is 4.